The molecular weight excluding hydrogens is 632 g/mol. The molecule has 11 atom stereocenters. The Morgan fingerprint density at radius 2 is 1.49 bits per heavy atom. The van der Waals surface area contributed by atoms with Crippen LogP contribution >= 0.6 is 0 Å². The van der Waals surface area contributed by atoms with Gasteiger partial charge in [-0.05, 0) is 57.1 Å². The molecule has 49 heavy (non-hydrogen) atoms. The lowest BCUT2D eigenvalue weighted by atomic mass is 9.39. The predicted octanol–water partition coefficient (Wildman–Crippen LogP) is 6.23. The van der Waals surface area contributed by atoms with Gasteiger partial charge in [0, 0.05) is 54.8 Å². The van der Waals surface area contributed by atoms with Gasteiger partial charge in [-0.15, -0.1) is 0 Å². The van der Waals surface area contributed by atoms with E-state index in [2.05, 4.69) is 19.9 Å². The van der Waals surface area contributed by atoms with Crippen LogP contribution < -0.4 is 0 Å². The lowest BCUT2D eigenvalue weighted by Crippen LogP contribution is -2.69. The summed E-state index contributed by atoms with van der Waals surface area (Å²) in [6.45, 7) is 17.7. The van der Waals surface area contributed by atoms with E-state index in [9.17, 15) is 24.0 Å². The van der Waals surface area contributed by atoms with E-state index >= 15 is 0 Å². The zero-order valence-electron chi connectivity index (χ0n) is 30.5. The molecule has 4 aliphatic rings. The summed E-state index contributed by atoms with van der Waals surface area (Å²) in [5.41, 5.74) is -1.65. The van der Waals surface area contributed by atoms with Crippen LogP contribution in [0.4, 0.5) is 0 Å². The largest absolute Gasteiger partial charge is 0.472 e. The molecule has 11 heteroatoms. The van der Waals surface area contributed by atoms with Crippen molar-refractivity contribution in [3.05, 3.63) is 35.8 Å². The van der Waals surface area contributed by atoms with Gasteiger partial charge in [-0.1, -0.05) is 46.3 Å². The van der Waals surface area contributed by atoms with Crippen molar-refractivity contribution in [2.45, 2.75) is 137 Å². The van der Waals surface area contributed by atoms with E-state index in [0.29, 0.717) is 19.3 Å². The van der Waals surface area contributed by atoms with Crippen LogP contribution in [0.5, 0.6) is 0 Å². The van der Waals surface area contributed by atoms with Gasteiger partial charge in [-0.3, -0.25) is 19.2 Å². The fourth-order valence-corrected chi connectivity index (χ4v) is 10.4. The molecule has 3 aliphatic carbocycles. The van der Waals surface area contributed by atoms with Crippen molar-refractivity contribution in [1.29, 1.82) is 0 Å². The average molecular weight is 685 g/mol. The third-order valence-electron chi connectivity index (χ3n) is 12.7. The van der Waals surface area contributed by atoms with Gasteiger partial charge in [0.15, 0.2) is 0 Å². The zero-order valence-corrected chi connectivity index (χ0v) is 30.5. The van der Waals surface area contributed by atoms with E-state index in [1.54, 1.807) is 12.5 Å². The Balaban J connectivity index is 1.74. The fourth-order valence-electron chi connectivity index (χ4n) is 10.4. The molecule has 1 aliphatic heterocycles. The number of carbonyl (C=O) groups is 5. The third-order valence-corrected chi connectivity index (χ3v) is 12.7. The first kappa shape index (κ1) is 36.6. The maximum Gasteiger partial charge on any atom is 0.348 e. The van der Waals surface area contributed by atoms with E-state index < -0.39 is 87.9 Å². The second-order valence-corrected chi connectivity index (χ2v) is 15.8. The Labute approximate surface area is 288 Å². The van der Waals surface area contributed by atoms with Crippen LogP contribution in [-0.2, 0) is 47.7 Å². The molecule has 0 bridgehead atoms. The number of furan rings is 1. The van der Waals surface area contributed by atoms with Crippen LogP contribution in [0.3, 0.4) is 0 Å². The molecule has 1 aromatic rings. The first-order valence-corrected chi connectivity index (χ1v) is 17.5. The summed E-state index contributed by atoms with van der Waals surface area (Å²) < 4.78 is 36.0. The number of allylic oxidation sites excluding steroid dienone is 1. The number of cyclic esters (lactones) is 1. The van der Waals surface area contributed by atoms with Crippen LogP contribution in [-0.4, -0.2) is 59.9 Å². The first-order chi connectivity index (χ1) is 22.8. The summed E-state index contributed by atoms with van der Waals surface area (Å²) >= 11 is 0. The van der Waals surface area contributed by atoms with Crippen molar-refractivity contribution in [2.75, 3.05) is 0 Å². The van der Waals surface area contributed by atoms with Crippen molar-refractivity contribution >= 4 is 29.8 Å². The van der Waals surface area contributed by atoms with Crippen LogP contribution in [0, 0.1) is 34.0 Å². The first-order valence-electron chi connectivity index (χ1n) is 17.5. The molecule has 5 rings (SSSR count). The maximum absolute atomic E-state index is 14.2. The highest BCUT2D eigenvalue weighted by Gasteiger charge is 2.73. The number of rotatable bonds is 8. The number of fused-ring (bicyclic) bond motifs is 5. The SMILES string of the molecule is CCC(C)C(OC(C)=O)C(=O)O[C@H]1C[C@H]2[C@](C)(C3=CC[C@@H](c4ccoc4)[C@@]31C)[C@H](OC(C)=O)C[C@H]1C(C)(C)OC(=O)C[C@H](OC(C)=O)[C@@]12C. The predicted molar refractivity (Wildman–Crippen MR) is 175 cm³/mol. The van der Waals surface area contributed by atoms with Crippen LogP contribution in [0.2, 0.25) is 0 Å². The van der Waals surface area contributed by atoms with E-state index in [1.807, 2.05) is 40.7 Å². The molecule has 1 saturated heterocycles. The molecule has 2 heterocycles. The lowest BCUT2D eigenvalue weighted by Gasteiger charge is -2.67. The Hall–Kier alpha value is -3.63. The molecule has 3 fully saturated rings. The van der Waals surface area contributed by atoms with E-state index in [1.165, 1.54) is 20.8 Å². The van der Waals surface area contributed by atoms with Crippen molar-refractivity contribution in [3.8, 4) is 0 Å². The summed E-state index contributed by atoms with van der Waals surface area (Å²) in [5.74, 6) is -3.97. The maximum atomic E-state index is 14.2. The second-order valence-electron chi connectivity index (χ2n) is 15.8. The summed E-state index contributed by atoms with van der Waals surface area (Å²) in [5, 5.41) is 0. The van der Waals surface area contributed by atoms with Gasteiger partial charge < -0.3 is 28.1 Å². The monoisotopic (exact) mass is 684 g/mol. The molecule has 0 spiro atoms. The summed E-state index contributed by atoms with van der Waals surface area (Å²) in [6.07, 6.45) is 3.79. The second kappa shape index (κ2) is 12.9. The topological polar surface area (TPSA) is 145 Å². The molecular formula is C38H52O11. The number of ether oxygens (including phenoxy) is 5. The van der Waals surface area contributed by atoms with Gasteiger partial charge in [-0.25, -0.2) is 4.79 Å². The van der Waals surface area contributed by atoms with Crippen LogP contribution in [0.25, 0.3) is 0 Å². The smallest absolute Gasteiger partial charge is 0.348 e. The van der Waals surface area contributed by atoms with Gasteiger partial charge in [-0.2, -0.15) is 0 Å². The summed E-state index contributed by atoms with van der Waals surface area (Å²) in [6, 6.07) is 1.91. The molecule has 0 amide bonds. The van der Waals surface area contributed by atoms with Gasteiger partial charge in [0.2, 0.25) is 6.10 Å². The van der Waals surface area contributed by atoms with Crippen molar-refractivity contribution in [1.82, 2.24) is 0 Å². The van der Waals surface area contributed by atoms with E-state index in [4.69, 9.17) is 28.1 Å². The van der Waals surface area contributed by atoms with Crippen LogP contribution in [0.1, 0.15) is 113 Å². The highest BCUT2D eigenvalue weighted by atomic mass is 16.6. The van der Waals surface area contributed by atoms with Gasteiger partial charge in [0.25, 0.3) is 0 Å². The van der Waals surface area contributed by atoms with Crippen molar-refractivity contribution in [2.24, 2.45) is 34.0 Å². The van der Waals surface area contributed by atoms with Gasteiger partial charge in [0.05, 0.1) is 18.9 Å². The normalized spacial score (nSPS) is 37.4. The number of esters is 5. The molecule has 0 radical (unpaired) electrons. The molecule has 0 aromatic carbocycles. The minimum atomic E-state index is -1.11. The Morgan fingerprint density at radius 1 is 0.878 bits per heavy atom. The third kappa shape index (κ3) is 5.98. The summed E-state index contributed by atoms with van der Waals surface area (Å²) in [7, 11) is 0. The highest BCUT2D eigenvalue weighted by Crippen LogP contribution is 2.73. The lowest BCUT2D eigenvalue weighted by molar-refractivity contribution is -0.239. The number of hydrogen-bond donors (Lipinski definition) is 0. The molecule has 0 N–H and O–H groups in total. The zero-order chi connectivity index (χ0) is 36.3. The minimum absolute atomic E-state index is 0.151. The van der Waals surface area contributed by atoms with E-state index in [-0.39, 0.29) is 24.7 Å². The highest BCUT2D eigenvalue weighted by molar-refractivity contribution is 5.79. The van der Waals surface area contributed by atoms with Crippen molar-refractivity contribution < 1.29 is 52.1 Å². The van der Waals surface area contributed by atoms with Crippen molar-refractivity contribution in [3.63, 3.8) is 0 Å². The van der Waals surface area contributed by atoms with Gasteiger partial charge in [0.1, 0.15) is 23.9 Å². The summed E-state index contributed by atoms with van der Waals surface area (Å²) in [4.78, 5) is 65.1. The fraction of sp³-hybridized carbons (Fsp3) is 0.711. The molecule has 2 unspecified atom stereocenters. The Kier molecular flexibility index (Phi) is 9.66. The average Bonchev–Trinajstić information content (AvgIpc) is 3.63. The molecule has 1 aromatic heterocycles. The van der Waals surface area contributed by atoms with Crippen LogP contribution in [0.15, 0.2) is 34.7 Å². The van der Waals surface area contributed by atoms with Gasteiger partial charge >= 0.3 is 29.8 Å². The molecule has 270 valence electrons. The minimum Gasteiger partial charge on any atom is -0.472 e. The molecule has 2 saturated carbocycles. The quantitative estimate of drug-likeness (QED) is 0.175. The standard InChI is InChI=1S/C38H52O11/c1-11-20(2)33(47-23(5)41)34(43)48-29-17-28-37(9,26-13-12-25(36(26,29)8)24-14-15-44-19-24)30(45-21(3)39)16-27-35(6,7)49-32(42)18-31(38(27,28)10)46-22(4)40/h13-15,19-20,25,27-31,33H,11-12,16-18H2,1-10H3/t20?,25-,27-,28-,29-,30+,31-,33?,36-,37-,38-/m0/s1. The number of hydrogen-bond acceptors (Lipinski definition) is 11. The number of carbonyl (C=O) groups excluding carboxylic acids is 5. The van der Waals surface area contributed by atoms with E-state index in [0.717, 1.165) is 11.1 Å². The Morgan fingerprint density at radius 3 is 2.06 bits per heavy atom. The molecule has 11 nitrogen and oxygen atoms in total. The Bertz CT molecular complexity index is 1510.